The molecule has 76 valence electrons. The lowest BCUT2D eigenvalue weighted by atomic mass is 10.0. The van der Waals surface area contributed by atoms with Crippen LogP contribution in [0.1, 0.15) is 31.4 Å². The van der Waals surface area contributed by atoms with Gasteiger partial charge in [0.15, 0.2) is 5.78 Å². The molecule has 0 amide bonds. The third kappa shape index (κ3) is 1.86. The van der Waals surface area contributed by atoms with Gasteiger partial charge in [0.2, 0.25) is 0 Å². The molecular formula is C11H16N2O. The molecule has 0 aromatic carbocycles. The van der Waals surface area contributed by atoms with Gasteiger partial charge in [-0.1, -0.05) is 12.8 Å². The van der Waals surface area contributed by atoms with Crippen molar-refractivity contribution >= 4 is 5.78 Å². The average Bonchev–Trinajstić information content (AvgIpc) is 2.77. The number of carbonyl (C=O) groups excluding carboxylic acids is 1. The number of aryl methyl sites for hydroxylation is 1. The molecule has 0 saturated heterocycles. The van der Waals surface area contributed by atoms with Crippen molar-refractivity contribution in [1.29, 1.82) is 0 Å². The zero-order valence-corrected chi connectivity index (χ0v) is 8.57. The number of carbonyl (C=O) groups is 1. The van der Waals surface area contributed by atoms with E-state index in [0.29, 0.717) is 18.2 Å². The Bertz CT molecular complexity index is 324. The minimum Gasteiger partial charge on any atom is -0.297 e. The van der Waals surface area contributed by atoms with E-state index in [-0.39, 0.29) is 0 Å². The third-order valence-electron chi connectivity index (χ3n) is 3.05. The molecule has 0 bridgehead atoms. The Morgan fingerprint density at radius 3 is 2.86 bits per heavy atom. The molecule has 14 heavy (non-hydrogen) atoms. The smallest absolute Gasteiger partial charge is 0.157 e. The van der Waals surface area contributed by atoms with E-state index in [1.807, 2.05) is 13.0 Å². The maximum absolute atomic E-state index is 11.8. The molecule has 0 unspecified atom stereocenters. The fourth-order valence-electron chi connectivity index (χ4n) is 2.09. The Kier molecular flexibility index (Phi) is 2.66. The summed E-state index contributed by atoms with van der Waals surface area (Å²) in [5.41, 5.74) is 1.07. The highest BCUT2D eigenvalue weighted by Crippen LogP contribution is 2.25. The van der Waals surface area contributed by atoms with Gasteiger partial charge in [0.1, 0.15) is 6.54 Å². The minimum absolute atomic E-state index is 0.304. The first-order valence-corrected chi connectivity index (χ1v) is 5.28. The molecule has 1 aliphatic rings. The Labute approximate surface area is 84.1 Å². The molecule has 0 N–H and O–H groups in total. The topological polar surface area (TPSA) is 34.9 Å². The predicted octanol–water partition coefficient (Wildman–Crippen LogP) is 1.95. The van der Waals surface area contributed by atoms with E-state index in [1.165, 1.54) is 12.8 Å². The van der Waals surface area contributed by atoms with Crippen LogP contribution in [-0.2, 0) is 11.3 Å². The highest BCUT2D eigenvalue weighted by atomic mass is 16.1. The highest BCUT2D eigenvalue weighted by Gasteiger charge is 2.22. The van der Waals surface area contributed by atoms with Crippen LogP contribution in [-0.4, -0.2) is 15.6 Å². The number of Topliss-reactive ketones (excluding diaryl/α,β-unsaturated/α-hetero) is 1. The number of hydrogen-bond acceptors (Lipinski definition) is 2. The van der Waals surface area contributed by atoms with Gasteiger partial charge >= 0.3 is 0 Å². The van der Waals surface area contributed by atoms with E-state index in [1.54, 1.807) is 10.9 Å². The predicted molar refractivity (Wildman–Crippen MR) is 53.9 cm³/mol. The first-order valence-electron chi connectivity index (χ1n) is 5.28. The zero-order valence-electron chi connectivity index (χ0n) is 8.57. The molecule has 1 aromatic heterocycles. The summed E-state index contributed by atoms with van der Waals surface area (Å²) in [7, 11) is 0. The van der Waals surface area contributed by atoms with Crippen LogP contribution in [0.3, 0.4) is 0 Å². The van der Waals surface area contributed by atoms with Crippen molar-refractivity contribution in [3.05, 3.63) is 18.0 Å². The van der Waals surface area contributed by atoms with E-state index < -0.39 is 0 Å². The zero-order chi connectivity index (χ0) is 9.97. The van der Waals surface area contributed by atoms with E-state index in [2.05, 4.69) is 5.10 Å². The van der Waals surface area contributed by atoms with Crippen LogP contribution in [0.2, 0.25) is 0 Å². The summed E-state index contributed by atoms with van der Waals surface area (Å²) in [6, 6.07) is 1.93. The van der Waals surface area contributed by atoms with Gasteiger partial charge in [0, 0.05) is 17.8 Å². The molecule has 1 heterocycles. The number of rotatable bonds is 3. The minimum atomic E-state index is 0.304. The highest BCUT2D eigenvalue weighted by molar-refractivity contribution is 5.81. The Balaban J connectivity index is 1.97. The molecule has 1 saturated carbocycles. The molecule has 1 aliphatic carbocycles. The van der Waals surface area contributed by atoms with Crippen LogP contribution in [0.25, 0.3) is 0 Å². The van der Waals surface area contributed by atoms with E-state index in [4.69, 9.17) is 0 Å². The number of nitrogens with zero attached hydrogens (tertiary/aromatic N) is 2. The van der Waals surface area contributed by atoms with Crippen LogP contribution in [0.5, 0.6) is 0 Å². The third-order valence-corrected chi connectivity index (χ3v) is 3.05. The summed E-state index contributed by atoms with van der Waals surface area (Å²) in [4.78, 5) is 11.8. The van der Waals surface area contributed by atoms with Crippen molar-refractivity contribution in [3.8, 4) is 0 Å². The summed E-state index contributed by atoms with van der Waals surface area (Å²) >= 11 is 0. The monoisotopic (exact) mass is 192 g/mol. The van der Waals surface area contributed by atoms with Crippen LogP contribution < -0.4 is 0 Å². The Hall–Kier alpha value is -1.12. The largest absolute Gasteiger partial charge is 0.297 e. The average molecular weight is 192 g/mol. The summed E-state index contributed by atoms with van der Waals surface area (Å²) in [5.74, 6) is 0.660. The van der Waals surface area contributed by atoms with E-state index in [0.717, 1.165) is 18.5 Å². The quantitative estimate of drug-likeness (QED) is 0.733. The lowest BCUT2D eigenvalue weighted by Crippen LogP contribution is -2.19. The maximum Gasteiger partial charge on any atom is 0.157 e. The van der Waals surface area contributed by atoms with Crippen LogP contribution in [0, 0.1) is 12.8 Å². The van der Waals surface area contributed by atoms with Gasteiger partial charge in [-0.2, -0.15) is 5.10 Å². The molecule has 1 fully saturated rings. The molecular weight excluding hydrogens is 176 g/mol. The Morgan fingerprint density at radius 1 is 1.57 bits per heavy atom. The standard InChI is InChI=1S/C11H16N2O/c1-9-6-7-12-13(9)8-11(14)10-4-2-3-5-10/h6-7,10H,2-5,8H2,1H3. The fourth-order valence-corrected chi connectivity index (χ4v) is 2.09. The van der Waals surface area contributed by atoms with Gasteiger partial charge in [0.05, 0.1) is 0 Å². The van der Waals surface area contributed by atoms with Crippen molar-refractivity contribution in [1.82, 2.24) is 9.78 Å². The summed E-state index contributed by atoms with van der Waals surface area (Å²) < 4.78 is 1.79. The maximum atomic E-state index is 11.8. The SMILES string of the molecule is Cc1ccnn1CC(=O)C1CCCC1. The van der Waals surface area contributed by atoms with Gasteiger partial charge in [-0.3, -0.25) is 9.48 Å². The fraction of sp³-hybridized carbons (Fsp3) is 0.636. The lowest BCUT2D eigenvalue weighted by Gasteiger charge is -2.08. The molecule has 2 rings (SSSR count). The van der Waals surface area contributed by atoms with Crippen molar-refractivity contribution < 1.29 is 4.79 Å². The summed E-state index contributed by atoms with van der Waals surface area (Å²) in [5, 5.41) is 4.12. The second-order valence-electron chi connectivity index (χ2n) is 4.08. The van der Waals surface area contributed by atoms with Crippen LogP contribution >= 0.6 is 0 Å². The van der Waals surface area contributed by atoms with Crippen molar-refractivity contribution in [2.24, 2.45) is 5.92 Å². The van der Waals surface area contributed by atoms with Gasteiger partial charge in [-0.25, -0.2) is 0 Å². The van der Waals surface area contributed by atoms with Gasteiger partial charge < -0.3 is 0 Å². The molecule has 0 atom stereocenters. The summed E-state index contributed by atoms with van der Waals surface area (Å²) in [6.45, 7) is 2.44. The lowest BCUT2D eigenvalue weighted by molar-refractivity contribution is -0.123. The number of aromatic nitrogens is 2. The molecule has 0 aliphatic heterocycles. The second kappa shape index (κ2) is 3.95. The molecule has 0 spiro atoms. The first-order chi connectivity index (χ1) is 6.77. The van der Waals surface area contributed by atoms with Crippen molar-refractivity contribution in [3.63, 3.8) is 0 Å². The van der Waals surface area contributed by atoms with Crippen LogP contribution in [0.15, 0.2) is 12.3 Å². The van der Waals surface area contributed by atoms with Crippen molar-refractivity contribution in [2.75, 3.05) is 0 Å². The molecule has 0 radical (unpaired) electrons. The molecule has 3 heteroatoms. The van der Waals surface area contributed by atoms with Gasteiger partial charge in [-0.05, 0) is 25.8 Å². The van der Waals surface area contributed by atoms with E-state index in [9.17, 15) is 4.79 Å². The van der Waals surface area contributed by atoms with Gasteiger partial charge in [-0.15, -0.1) is 0 Å². The van der Waals surface area contributed by atoms with E-state index >= 15 is 0 Å². The first kappa shape index (κ1) is 9.44. The second-order valence-corrected chi connectivity index (χ2v) is 4.08. The molecule has 3 nitrogen and oxygen atoms in total. The normalized spacial score (nSPS) is 17.5. The van der Waals surface area contributed by atoms with Crippen LogP contribution in [0.4, 0.5) is 0 Å². The number of hydrogen-bond donors (Lipinski definition) is 0. The number of ketones is 1. The Morgan fingerprint density at radius 2 is 2.29 bits per heavy atom. The summed E-state index contributed by atoms with van der Waals surface area (Å²) in [6.07, 6.45) is 6.35. The van der Waals surface area contributed by atoms with Crippen molar-refractivity contribution in [2.45, 2.75) is 39.2 Å². The van der Waals surface area contributed by atoms with Gasteiger partial charge in [0.25, 0.3) is 0 Å². The molecule has 1 aromatic rings.